The van der Waals surface area contributed by atoms with Crippen LogP contribution < -0.4 is 10.1 Å². The van der Waals surface area contributed by atoms with Gasteiger partial charge in [0.05, 0.1) is 11.0 Å². The van der Waals surface area contributed by atoms with Gasteiger partial charge in [-0.3, -0.25) is 10.1 Å². The molecule has 3 rings (SSSR count). The van der Waals surface area contributed by atoms with Gasteiger partial charge >= 0.3 is 5.69 Å². The Morgan fingerprint density at radius 3 is 2.60 bits per heavy atom. The van der Waals surface area contributed by atoms with Gasteiger partial charge in [0.25, 0.3) is 5.88 Å². The molecule has 132 valence electrons. The van der Waals surface area contributed by atoms with Gasteiger partial charge in [-0.25, -0.2) is 4.98 Å². The summed E-state index contributed by atoms with van der Waals surface area (Å²) in [6, 6.07) is 9.59. The summed E-state index contributed by atoms with van der Waals surface area (Å²) < 4.78 is 5.84. The van der Waals surface area contributed by atoms with Gasteiger partial charge in [-0.1, -0.05) is 36.8 Å². The highest BCUT2D eigenvalue weighted by Gasteiger charge is 2.28. The van der Waals surface area contributed by atoms with E-state index in [1.165, 1.54) is 12.7 Å². The van der Waals surface area contributed by atoms with Crippen molar-refractivity contribution in [1.82, 2.24) is 9.97 Å². The van der Waals surface area contributed by atoms with Crippen molar-refractivity contribution in [2.45, 2.75) is 51.2 Å². The lowest BCUT2D eigenvalue weighted by Crippen LogP contribution is -2.21. The normalized spacial score (nSPS) is 16.2. The predicted molar refractivity (Wildman–Crippen MR) is 94.7 cm³/mol. The van der Waals surface area contributed by atoms with Crippen LogP contribution in [-0.2, 0) is 0 Å². The van der Waals surface area contributed by atoms with Crippen LogP contribution in [0.4, 0.5) is 11.5 Å². The SMILES string of the molecule is CC(Nc1ncnc(OC2CCCCC2)c1[N+](=O)[O-])c1ccccc1. The first-order valence-electron chi connectivity index (χ1n) is 8.62. The Balaban J connectivity index is 1.83. The van der Waals surface area contributed by atoms with Gasteiger partial charge in [0.1, 0.15) is 12.4 Å². The summed E-state index contributed by atoms with van der Waals surface area (Å²) in [4.78, 5) is 19.2. The highest BCUT2D eigenvalue weighted by atomic mass is 16.6. The standard InChI is InChI=1S/C18H22N4O3/c1-13(14-8-4-2-5-9-14)21-17-16(22(23)24)18(20-12-19-17)25-15-10-6-3-7-11-15/h2,4-5,8-9,12-13,15H,3,6-7,10-11H2,1H3,(H,19,20,21). The van der Waals surface area contributed by atoms with E-state index in [1.54, 1.807) is 0 Å². The molecule has 7 heteroatoms. The van der Waals surface area contributed by atoms with Crippen LogP contribution >= 0.6 is 0 Å². The summed E-state index contributed by atoms with van der Waals surface area (Å²) in [5, 5.41) is 14.7. The molecular formula is C18H22N4O3. The minimum atomic E-state index is -0.474. The van der Waals surface area contributed by atoms with Crippen LogP contribution in [0.5, 0.6) is 5.88 Å². The molecule has 25 heavy (non-hydrogen) atoms. The Labute approximate surface area is 146 Å². The zero-order valence-corrected chi connectivity index (χ0v) is 14.2. The number of nitrogens with one attached hydrogen (secondary N) is 1. The Morgan fingerprint density at radius 2 is 1.92 bits per heavy atom. The zero-order chi connectivity index (χ0) is 17.6. The molecule has 0 radical (unpaired) electrons. The Morgan fingerprint density at radius 1 is 1.20 bits per heavy atom. The number of anilines is 1. The molecule has 1 aromatic carbocycles. The fraction of sp³-hybridized carbons (Fsp3) is 0.444. The Bertz CT molecular complexity index is 718. The fourth-order valence-corrected chi connectivity index (χ4v) is 3.09. The number of ether oxygens (including phenoxy) is 1. The molecule has 1 heterocycles. The second kappa shape index (κ2) is 7.92. The lowest BCUT2D eigenvalue weighted by atomic mass is 9.98. The van der Waals surface area contributed by atoms with Crippen molar-refractivity contribution in [3.63, 3.8) is 0 Å². The molecule has 0 spiro atoms. The van der Waals surface area contributed by atoms with Crippen LogP contribution in [-0.4, -0.2) is 21.0 Å². The van der Waals surface area contributed by atoms with Crippen molar-refractivity contribution in [2.75, 3.05) is 5.32 Å². The van der Waals surface area contributed by atoms with Gasteiger partial charge in [0.2, 0.25) is 5.82 Å². The van der Waals surface area contributed by atoms with E-state index in [0.717, 1.165) is 31.2 Å². The molecular weight excluding hydrogens is 320 g/mol. The highest BCUT2D eigenvalue weighted by molar-refractivity contribution is 5.61. The molecule has 1 N–H and O–H groups in total. The van der Waals surface area contributed by atoms with E-state index in [1.807, 2.05) is 37.3 Å². The summed E-state index contributed by atoms with van der Waals surface area (Å²) in [7, 11) is 0. The quantitative estimate of drug-likeness (QED) is 0.623. The van der Waals surface area contributed by atoms with E-state index in [2.05, 4.69) is 15.3 Å². The lowest BCUT2D eigenvalue weighted by Gasteiger charge is -2.22. The van der Waals surface area contributed by atoms with Gasteiger partial charge in [0, 0.05) is 0 Å². The molecule has 0 aliphatic heterocycles. The molecule has 1 atom stereocenters. The summed E-state index contributed by atoms with van der Waals surface area (Å²) in [5.74, 6) is 0.233. The van der Waals surface area contributed by atoms with Gasteiger partial charge in [-0.15, -0.1) is 0 Å². The third kappa shape index (κ3) is 4.23. The monoisotopic (exact) mass is 342 g/mol. The third-order valence-corrected chi connectivity index (χ3v) is 4.45. The molecule has 2 aromatic rings. The number of benzene rings is 1. The minimum absolute atomic E-state index is 0.0123. The second-order valence-electron chi connectivity index (χ2n) is 6.29. The zero-order valence-electron chi connectivity index (χ0n) is 14.2. The van der Waals surface area contributed by atoms with Crippen molar-refractivity contribution in [3.05, 3.63) is 52.3 Å². The molecule has 1 saturated carbocycles. The Kier molecular flexibility index (Phi) is 5.42. The molecule has 0 saturated heterocycles. The van der Waals surface area contributed by atoms with E-state index in [-0.39, 0.29) is 29.5 Å². The van der Waals surface area contributed by atoms with E-state index >= 15 is 0 Å². The maximum absolute atomic E-state index is 11.6. The maximum atomic E-state index is 11.6. The van der Waals surface area contributed by atoms with Gasteiger partial charge < -0.3 is 10.1 Å². The average Bonchev–Trinajstić information content (AvgIpc) is 2.63. The predicted octanol–water partition coefficient (Wildman–Crippen LogP) is 4.27. The maximum Gasteiger partial charge on any atom is 0.372 e. The average molecular weight is 342 g/mol. The summed E-state index contributed by atoms with van der Waals surface area (Å²) >= 11 is 0. The topological polar surface area (TPSA) is 90.2 Å². The molecule has 1 aliphatic carbocycles. The first-order valence-corrected chi connectivity index (χ1v) is 8.62. The van der Waals surface area contributed by atoms with Gasteiger partial charge in [0.15, 0.2) is 0 Å². The van der Waals surface area contributed by atoms with Crippen LogP contribution in [0.15, 0.2) is 36.7 Å². The minimum Gasteiger partial charge on any atom is -0.469 e. The van der Waals surface area contributed by atoms with Gasteiger partial charge in [-0.2, -0.15) is 4.98 Å². The number of hydrogen-bond acceptors (Lipinski definition) is 6. The van der Waals surface area contributed by atoms with E-state index in [0.29, 0.717) is 0 Å². The van der Waals surface area contributed by atoms with E-state index in [9.17, 15) is 10.1 Å². The van der Waals surface area contributed by atoms with Crippen molar-refractivity contribution in [2.24, 2.45) is 0 Å². The largest absolute Gasteiger partial charge is 0.469 e. The van der Waals surface area contributed by atoms with Crippen LogP contribution in [0.3, 0.4) is 0 Å². The fourth-order valence-electron chi connectivity index (χ4n) is 3.09. The van der Waals surface area contributed by atoms with Crippen LogP contribution in [0.2, 0.25) is 0 Å². The first-order chi connectivity index (χ1) is 12.1. The lowest BCUT2D eigenvalue weighted by molar-refractivity contribution is -0.385. The number of nitro groups is 1. The van der Waals surface area contributed by atoms with E-state index in [4.69, 9.17) is 4.74 Å². The van der Waals surface area contributed by atoms with Crippen molar-refractivity contribution < 1.29 is 9.66 Å². The molecule has 1 unspecified atom stereocenters. The highest BCUT2D eigenvalue weighted by Crippen LogP contribution is 2.35. The number of rotatable bonds is 6. The van der Waals surface area contributed by atoms with Crippen molar-refractivity contribution in [1.29, 1.82) is 0 Å². The third-order valence-electron chi connectivity index (χ3n) is 4.45. The Hall–Kier alpha value is -2.70. The molecule has 1 fully saturated rings. The molecule has 1 aliphatic rings. The first kappa shape index (κ1) is 17.1. The van der Waals surface area contributed by atoms with Crippen molar-refractivity contribution >= 4 is 11.5 Å². The number of aromatic nitrogens is 2. The summed E-state index contributed by atoms with van der Waals surface area (Å²) in [6.07, 6.45) is 6.47. The smallest absolute Gasteiger partial charge is 0.372 e. The summed E-state index contributed by atoms with van der Waals surface area (Å²) in [6.45, 7) is 1.93. The number of hydrogen-bond donors (Lipinski definition) is 1. The second-order valence-corrected chi connectivity index (χ2v) is 6.29. The van der Waals surface area contributed by atoms with Crippen LogP contribution in [0, 0.1) is 10.1 Å². The van der Waals surface area contributed by atoms with E-state index < -0.39 is 4.92 Å². The molecule has 1 aromatic heterocycles. The van der Waals surface area contributed by atoms with Crippen LogP contribution in [0.25, 0.3) is 0 Å². The molecule has 7 nitrogen and oxygen atoms in total. The molecule has 0 bridgehead atoms. The summed E-state index contributed by atoms with van der Waals surface area (Å²) in [5.41, 5.74) is 0.820. The molecule has 0 amide bonds. The number of nitrogens with zero attached hydrogens (tertiary/aromatic N) is 3. The van der Waals surface area contributed by atoms with Gasteiger partial charge in [-0.05, 0) is 38.2 Å². The van der Waals surface area contributed by atoms with Crippen molar-refractivity contribution in [3.8, 4) is 5.88 Å². The van der Waals surface area contributed by atoms with Crippen LogP contribution in [0.1, 0.15) is 50.6 Å².